The van der Waals surface area contributed by atoms with Crippen LogP contribution < -0.4 is 10.1 Å². The minimum atomic E-state index is 0.451. The fourth-order valence-corrected chi connectivity index (χ4v) is 2.64. The summed E-state index contributed by atoms with van der Waals surface area (Å²) in [5.41, 5.74) is 2.42. The molecule has 0 aliphatic rings. The molecule has 0 spiro atoms. The van der Waals surface area contributed by atoms with Gasteiger partial charge in [0.25, 0.3) is 0 Å². The second-order valence-electron chi connectivity index (χ2n) is 5.94. The lowest BCUT2D eigenvalue weighted by molar-refractivity contribution is 0.462. The molecule has 3 aromatic rings. The molecule has 0 unspecified atom stereocenters. The third kappa shape index (κ3) is 4.93. The number of aryl methyl sites for hydroxylation is 2. The first-order chi connectivity index (χ1) is 13.0. The Morgan fingerprint density at radius 3 is 2.56 bits per heavy atom. The maximum Gasteiger partial charge on any atom is 0.219 e. The zero-order valence-electron chi connectivity index (χ0n) is 15.0. The lowest BCUT2D eigenvalue weighted by Gasteiger charge is -2.10. The molecule has 2 aromatic heterocycles. The molecule has 7 heteroatoms. The molecule has 0 saturated carbocycles. The van der Waals surface area contributed by atoms with Crippen molar-refractivity contribution in [3.63, 3.8) is 0 Å². The van der Waals surface area contributed by atoms with Gasteiger partial charge in [0.1, 0.15) is 28.5 Å². The van der Waals surface area contributed by atoms with Gasteiger partial charge in [-0.1, -0.05) is 23.7 Å². The van der Waals surface area contributed by atoms with E-state index in [4.69, 9.17) is 21.6 Å². The third-order valence-electron chi connectivity index (χ3n) is 3.85. The van der Waals surface area contributed by atoms with Crippen molar-refractivity contribution in [2.75, 3.05) is 11.9 Å². The summed E-state index contributed by atoms with van der Waals surface area (Å²) < 4.78 is 5.68. The molecule has 1 aromatic carbocycles. The minimum Gasteiger partial charge on any atom is -0.439 e. The molecule has 0 fully saturated rings. The molecule has 0 bridgehead atoms. The molecule has 0 aliphatic carbocycles. The Morgan fingerprint density at radius 2 is 1.89 bits per heavy atom. The fourth-order valence-electron chi connectivity index (χ4n) is 2.49. The van der Waals surface area contributed by atoms with Crippen LogP contribution in [0.3, 0.4) is 0 Å². The smallest absolute Gasteiger partial charge is 0.219 e. The predicted octanol–water partition coefficient (Wildman–Crippen LogP) is 4.46. The van der Waals surface area contributed by atoms with Crippen molar-refractivity contribution >= 4 is 17.4 Å². The molecule has 136 valence electrons. The van der Waals surface area contributed by atoms with E-state index in [0.717, 1.165) is 17.7 Å². The van der Waals surface area contributed by atoms with Gasteiger partial charge in [0.15, 0.2) is 0 Å². The van der Waals surface area contributed by atoms with Crippen molar-refractivity contribution in [2.45, 2.75) is 20.3 Å². The van der Waals surface area contributed by atoms with Gasteiger partial charge < -0.3 is 10.1 Å². The summed E-state index contributed by atoms with van der Waals surface area (Å²) in [7, 11) is 0. The molecule has 0 radical (unpaired) electrons. The lowest BCUT2D eigenvalue weighted by atomic mass is 10.1. The van der Waals surface area contributed by atoms with Crippen LogP contribution in [0.15, 0.2) is 42.6 Å². The van der Waals surface area contributed by atoms with Crippen LogP contribution in [0.1, 0.15) is 22.6 Å². The van der Waals surface area contributed by atoms with Gasteiger partial charge >= 0.3 is 0 Å². The van der Waals surface area contributed by atoms with E-state index in [0.29, 0.717) is 40.4 Å². The molecule has 2 heterocycles. The van der Waals surface area contributed by atoms with Crippen LogP contribution in [-0.4, -0.2) is 21.5 Å². The number of nitrogens with one attached hydrogen (secondary N) is 1. The number of hydrogen-bond acceptors (Lipinski definition) is 6. The second-order valence-corrected chi connectivity index (χ2v) is 6.32. The van der Waals surface area contributed by atoms with Gasteiger partial charge in [0, 0.05) is 18.8 Å². The zero-order valence-corrected chi connectivity index (χ0v) is 15.8. The summed E-state index contributed by atoms with van der Waals surface area (Å²) >= 11 is 6.24. The average molecular weight is 380 g/mol. The van der Waals surface area contributed by atoms with E-state index in [2.05, 4.69) is 20.3 Å². The second kappa shape index (κ2) is 8.47. The van der Waals surface area contributed by atoms with Crippen molar-refractivity contribution in [3.8, 4) is 17.7 Å². The molecule has 6 nitrogen and oxygen atoms in total. The highest BCUT2D eigenvalue weighted by atomic mass is 35.5. The summed E-state index contributed by atoms with van der Waals surface area (Å²) in [5.74, 6) is 2.49. The number of ether oxygens (including phenoxy) is 1. The quantitative estimate of drug-likeness (QED) is 0.680. The Morgan fingerprint density at radius 1 is 1.11 bits per heavy atom. The molecular formula is C20H18ClN5O. The van der Waals surface area contributed by atoms with Crippen LogP contribution in [0.2, 0.25) is 5.02 Å². The van der Waals surface area contributed by atoms with Crippen molar-refractivity contribution in [1.29, 1.82) is 5.26 Å². The number of benzene rings is 1. The van der Waals surface area contributed by atoms with Gasteiger partial charge in [-0.3, -0.25) is 0 Å². The Labute approximate surface area is 162 Å². The topological polar surface area (TPSA) is 83.7 Å². The van der Waals surface area contributed by atoms with Crippen LogP contribution in [0.25, 0.3) is 0 Å². The van der Waals surface area contributed by atoms with E-state index in [9.17, 15) is 0 Å². The van der Waals surface area contributed by atoms with Crippen LogP contribution in [-0.2, 0) is 6.42 Å². The summed E-state index contributed by atoms with van der Waals surface area (Å²) in [6.07, 6.45) is 2.30. The van der Waals surface area contributed by atoms with Crippen LogP contribution in [0, 0.1) is 25.2 Å². The highest BCUT2D eigenvalue weighted by molar-refractivity contribution is 6.33. The Bertz CT molecular complexity index is 965. The van der Waals surface area contributed by atoms with E-state index in [1.807, 2.05) is 44.2 Å². The number of halogens is 1. The predicted molar refractivity (Wildman–Crippen MR) is 104 cm³/mol. The summed E-state index contributed by atoms with van der Waals surface area (Å²) in [6.45, 7) is 4.41. The van der Waals surface area contributed by atoms with Gasteiger partial charge in [-0.05, 0) is 44.0 Å². The first-order valence-corrected chi connectivity index (χ1v) is 8.80. The van der Waals surface area contributed by atoms with Crippen molar-refractivity contribution < 1.29 is 4.74 Å². The largest absolute Gasteiger partial charge is 0.439 e. The molecule has 0 atom stereocenters. The lowest BCUT2D eigenvalue weighted by Crippen LogP contribution is -2.09. The number of anilines is 1. The molecule has 3 rings (SSSR count). The van der Waals surface area contributed by atoms with Crippen molar-refractivity contribution in [2.24, 2.45) is 0 Å². The number of nitrogens with zero attached hydrogens (tertiary/aromatic N) is 4. The van der Waals surface area contributed by atoms with E-state index in [1.54, 1.807) is 12.1 Å². The minimum absolute atomic E-state index is 0.451. The molecular weight excluding hydrogens is 362 g/mol. The summed E-state index contributed by atoms with van der Waals surface area (Å²) in [5, 5.41) is 12.6. The SMILES string of the molecule is Cc1nc(C)c(Cl)c(NCCc2ccc(Oc3ccc(C#N)cn3)cc2)n1. The number of pyridine rings is 1. The molecule has 0 amide bonds. The standard InChI is InChI=1S/C20H18ClN5O/c1-13-19(21)20(26-14(2)25-13)23-10-9-15-3-6-17(7-4-15)27-18-8-5-16(11-22)12-24-18/h3-8,12H,9-10H2,1-2H3,(H,23,25,26). The average Bonchev–Trinajstić information content (AvgIpc) is 2.67. The fraction of sp³-hybridized carbons (Fsp3) is 0.200. The Kier molecular flexibility index (Phi) is 5.84. The van der Waals surface area contributed by atoms with Crippen molar-refractivity contribution in [1.82, 2.24) is 15.0 Å². The van der Waals surface area contributed by atoms with Crippen molar-refractivity contribution in [3.05, 3.63) is 70.3 Å². The van der Waals surface area contributed by atoms with Gasteiger partial charge in [-0.2, -0.15) is 5.26 Å². The van der Waals surface area contributed by atoms with Crippen LogP contribution >= 0.6 is 11.6 Å². The molecule has 1 N–H and O–H groups in total. The van der Waals surface area contributed by atoms with Gasteiger partial charge in [0.05, 0.1) is 11.3 Å². The summed E-state index contributed by atoms with van der Waals surface area (Å²) in [4.78, 5) is 12.7. The number of nitriles is 1. The van der Waals surface area contributed by atoms with Crippen LogP contribution in [0.4, 0.5) is 5.82 Å². The number of rotatable bonds is 6. The first-order valence-electron chi connectivity index (χ1n) is 8.42. The molecule has 0 aliphatic heterocycles. The van der Waals surface area contributed by atoms with E-state index < -0.39 is 0 Å². The van der Waals surface area contributed by atoms with E-state index in [-0.39, 0.29) is 0 Å². The molecule has 27 heavy (non-hydrogen) atoms. The molecule has 0 saturated heterocycles. The van der Waals surface area contributed by atoms with E-state index in [1.165, 1.54) is 6.20 Å². The highest BCUT2D eigenvalue weighted by Crippen LogP contribution is 2.23. The Hall–Kier alpha value is -3.17. The highest BCUT2D eigenvalue weighted by Gasteiger charge is 2.07. The normalized spacial score (nSPS) is 10.3. The first kappa shape index (κ1) is 18.6. The summed E-state index contributed by atoms with van der Waals surface area (Å²) in [6, 6.07) is 13.1. The van der Waals surface area contributed by atoms with Gasteiger partial charge in [0.2, 0.25) is 5.88 Å². The number of hydrogen-bond donors (Lipinski definition) is 1. The maximum atomic E-state index is 8.78. The maximum absolute atomic E-state index is 8.78. The Balaban J connectivity index is 1.55. The number of aromatic nitrogens is 3. The van der Waals surface area contributed by atoms with Gasteiger partial charge in [-0.15, -0.1) is 0 Å². The van der Waals surface area contributed by atoms with E-state index >= 15 is 0 Å². The van der Waals surface area contributed by atoms with Crippen LogP contribution in [0.5, 0.6) is 11.6 Å². The zero-order chi connectivity index (χ0) is 19.2. The monoisotopic (exact) mass is 379 g/mol. The third-order valence-corrected chi connectivity index (χ3v) is 4.30. The van der Waals surface area contributed by atoms with Gasteiger partial charge in [-0.25, -0.2) is 15.0 Å².